The van der Waals surface area contributed by atoms with E-state index in [0.29, 0.717) is 12.1 Å². The number of aromatic nitrogens is 1. The first-order chi connectivity index (χ1) is 10.6. The van der Waals surface area contributed by atoms with Gasteiger partial charge in [0.2, 0.25) is 0 Å². The van der Waals surface area contributed by atoms with Gasteiger partial charge in [-0.15, -0.1) is 0 Å². The number of hydrogen-bond donors (Lipinski definition) is 1. The zero-order valence-corrected chi connectivity index (χ0v) is 12.0. The third kappa shape index (κ3) is 2.53. The van der Waals surface area contributed by atoms with E-state index in [1.165, 1.54) is 12.1 Å². The summed E-state index contributed by atoms with van der Waals surface area (Å²) in [4.78, 5) is 11.6. The number of nitrogens with zero attached hydrogens (tertiary/aromatic N) is 1. The Morgan fingerprint density at radius 1 is 1.27 bits per heavy atom. The van der Waals surface area contributed by atoms with Crippen LogP contribution in [-0.4, -0.2) is 10.5 Å². The van der Waals surface area contributed by atoms with Crippen LogP contribution >= 0.6 is 0 Å². The number of nitrogens with two attached hydrogens (primary N) is 1. The lowest BCUT2D eigenvalue weighted by atomic mass is 10.1. The van der Waals surface area contributed by atoms with Gasteiger partial charge in [-0.25, -0.2) is 4.39 Å². The van der Waals surface area contributed by atoms with Crippen LogP contribution in [-0.2, 0) is 6.54 Å². The number of hydrogen-bond acceptors (Lipinski definition) is 2. The molecule has 2 heterocycles. The average molecular weight is 298 g/mol. The van der Waals surface area contributed by atoms with Gasteiger partial charge in [0.05, 0.1) is 18.4 Å². The quantitative estimate of drug-likeness (QED) is 0.803. The van der Waals surface area contributed by atoms with Crippen molar-refractivity contribution in [1.82, 2.24) is 4.57 Å². The van der Waals surface area contributed by atoms with E-state index in [2.05, 4.69) is 0 Å². The van der Waals surface area contributed by atoms with Crippen LogP contribution in [0.5, 0.6) is 0 Å². The summed E-state index contributed by atoms with van der Waals surface area (Å²) < 4.78 is 20.4. The van der Waals surface area contributed by atoms with Crippen molar-refractivity contribution in [1.29, 1.82) is 0 Å². The SMILES string of the molecule is Cc1c(C(N)=O)cc(-c2ccc(F)cc2)n1Cc1ccco1. The number of primary amides is 1. The van der Waals surface area contributed by atoms with Crippen LogP contribution in [0.25, 0.3) is 11.3 Å². The molecule has 0 saturated carbocycles. The molecule has 3 aromatic rings. The van der Waals surface area contributed by atoms with Crippen LogP contribution in [0, 0.1) is 12.7 Å². The molecule has 2 aromatic heterocycles. The Bertz CT molecular complexity index is 802. The Hall–Kier alpha value is -2.82. The summed E-state index contributed by atoms with van der Waals surface area (Å²) >= 11 is 0. The summed E-state index contributed by atoms with van der Waals surface area (Å²) in [6, 6.07) is 11.5. The number of rotatable bonds is 4. The number of furan rings is 1. The molecular formula is C17H15FN2O2. The summed E-state index contributed by atoms with van der Waals surface area (Å²) in [6.45, 7) is 2.30. The molecule has 3 rings (SSSR count). The smallest absolute Gasteiger partial charge is 0.250 e. The van der Waals surface area contributed by atoms with Crippen molar-refractivity contribution in [3.05, 3.63) is 71.6 Å². The summed E-state index contributed by atoms with van der Waals surface area (Å²) in [5.41, 5.74) is 8.24. The second-order valence-electron chi connectivity index (χ2n) is 5.07. The molecule has 0 aliphatic carbocycles. The van der Waals surface area contributed by atoms with E-state index in [1.807, 2.05) is 17.6 Å². The highest BCUT2D eigenvalue weighted by Gasteiger charge is 2.17. The molecule has 0 aliphatic heterocycles. The van der Waals surface area contributed by atoms with Crippen molar-refractivity contribution in [3.63, 3.8) is 0 Å². The van der Waals surface area contributed by atoms with Gasteiger partial charge < -0.3 is 14.7 Å². The summed E-state index contributed by atoms with van der Waals surface area (Å²) in [5, 5.41) is 0. The standard InChI is InChI=1S/C17H15FN2O2/c1-11-15(17(19)21)9-16(12-4-6-13(18)7-5-12)20(11)10-14-3-2-8-22-14/h2-9H,10H2,1H3,(H2,19,21). The number of carbonyl (C=O) groups is 1. The van der Waals surface area contributed by atoms with Crippen LogP contribution in [0.1, 0.15) is 21.8 Å². The van der Waals surface area contributed by atoms with Crippen molar-refractivity contribution >= 4 is 5.91 Å². The van der Waals surface area contributed by atoms with Gasteiger partial charge in [-0.05, 0) is 55.0 Å². The Morgan fingerprint density at radius 2 is 2.00 bits per heavy atom. The minimum Gasteiger partial charge on any atom is -0.467 e. The third-order valence-electron chi connectivity index (χ3n) is 3.67. The predicted molar refractivity (Wildman–Crippen MR) is 80.9 cm³/mol. The van der Waals surface area contributed by atoms with Crippen molar-refractivity contribution < 1.29 is 13.6 Å². The van der Waals surface area contributed by atoms with Crippen molar-refractivity contribution in [2.75, 3.05) is 0 Å². The average Bonchev–Trinajstić information content (AvgIpc) is 3.10. The maximum atomic E-state index is 13.1. The Labute approximate surface area is 127 Å². The second-order valence-corrected chi connectivity index (χ2v) is 5.07. The van der Waals surface area contributed by atoms with Crippen LogP contribution in [0.15, 0.2) is 53.1 Å². The summed E-state index contributed by atoms with van der Waals surface area (Å²) in [5.74, 6) is -0.0307. The van der Waals surface area contributed by atoms with Crippen molar-refractivity contribution in [2.45, 2.75) is 13.5 Å². The van der Waals surface area contributed by atoms with E-state index >= 15 is 0 Å². The molecule has 0 fully saturated rings. The monoisotopic (exact) mass is 298 g/mol. The largest absolute Gasteiger partial charge is 0.467 e. The molecule has 22 heavy (non-hydrogen) atoms. The maximum absolute atomic E-state index is 13.1. The van der Waals surface area contributed by atoms with Gasteiger partial charge in [0.25, 0.3) is 5.91 Å². The lowest BCUT2D eigenvalue weighted by Gasteiger charge is -2.10. The fourth-order valence-electron chi connectivity index (χ4n) is 2.52. The minimum absolute atomic E-state index is 0.306. The highest BCUT2D eigenvalue weighted by Crippen LogP contribution is 2.27. The molecule has 0 unspecified atom stereocenters. The Morgan fingerprint density at radius 3 is 2.59 bits per heavy atom. The highest BCUT2D eigenvalue weighted by molar-refractivity contribution is 5.95. The van der Waals surface area contributed by atoms with Gasteiger partial charge in [0, 0.05) is 11.4 Å². The van der Waals surface area contributed by atoms with E-state index in [9.17, 15) is 9.18 Å². The molecule has 0 atom stereocenters. The van der Waals surface area contributed by atoms with Crippen molar-refractivity contribution in [2.24, 2.45) is 5.73 Å². The van der Waals surface area contributed by atoms with E-state index in [0.717, 1.165) is 22.7 Å². The van der Waals surface area contributed by atoms with Gasteiger partial charge >= 0.3 is 0 Å². The molecule has 4 nitrogen and oxygen atoms in total. The molecule has 1 amide bonds. The van der Waals surface area contributed by atoms with Crippen LogP contribution in [0.2, 0.25) is 0 Å². The number of halogens is 1. The van der Waals surface area contributed by atoms with Gasteiger partial charge in [0.15, 0.2) is 0 Å². The number of benzene rings is 1. The fourth-order valence-corrected chi connectivity index (χ4v) is 2.52. The van der Waals surface area contributed by atoms with Crippen LogP contribution in [0.3, 0.4) is 0 Å². The topological polar surface area (TPSA) is 61.2 Å². The van der Waals surface area contributed by atoms with Gasteiger partial charge in [-0.1, -0.05) is 0 Å². The van der Waals surface area contributed by atoms with E-state index < -0.39 is 5.91 Å². The first-order valence-electron chi connectivity index (χ1n) is 6.84. The maximum Gasteiger partial charge on any atom is 0.250 e. The normalized spacial score (nSPS) is 10.8. The number of amides is 1. The van der Waals surface area contributed by atoms with Crippen LogP contribution in [0.4, 0.5) is 4.39 Å². The number of carbonyl (C=O) groups excluding carboxylic acids is 1. The molecule has 2 N–H and O–H groups in total. The molecule has 0 bridgehead atoms. The lowest BCUT2D eigenvalue weighted by Crippen LogP contribution is -2.12. The summed E-state index contributed by atoms with van der Waals surface area (Å²) in [6.07, 6.45) is 1.60. The molecule has 0 radical (unpaired) electrons. The Balaban J connectivity index is 2.13. The first kappa shape index (κ1) is 14.1. The first-order valence-corrected chi connectivity index (χ1v) is 6.84. The Kier molecular flexibility index (Phi) is 3.55. The third-order valence-corrected chi connectivity index (χ3v) is 3.67. The predicted octanol–water partition coefficient (Wildman–Crippen LogP) is 3.34. The van der Waals surface area contributed by atoms with E-state index in [4.69, 9.17) is 10.2 Å². The van der Waals surface area contributed by atoms with Gasteiger partial charge in [0.1, 0.15) is 11.6 Å². The zero-order chi connectivity index (χ0) is 15.7. The fraction of sp³-hybridized carbons (Fsp3) is 0.118. The molecule has 1 aromatic carbocycles. The minimum atomic E-state index is -0.487. The highest BCUT2D eigenvalue weighted by atomic mass is 19.1. The van der Waals surface area contributed by atoms with Gasteiger partial charge in [-0.3, -0.25) is 4.79 Å². The molecule has 0 aliphatic rings. The lowest BCUT2D eigenvalue weighted by molar-refractivity contribution is 0.0999. The second kappa shape index (κ2) is 5.52. The molecule has 0 spiro atoms. The van der Waals surface area contributed by atoms with Gasteiger partial charge in [-0.2, -0.15) is 0 Å². The van der Waals surface area contributed by atoms with Crippen LogP contribution < -0.4 is 5.73 Å². The molecule has 112 valence electrons. The van der Waals surface area contributed by atoms with E-state index in [-0.39, 0.29) is 5.82 Å². The van der Waals surface area contributed by atoms with E-state index in [1.54, 1.807) is 30.5 Å². The summed E-state index contributed by atoms with van der Waals surface area (Å²) in [7, 11) is 0. The zero-order valence-electron chi connectivity index (χ0n) is 12.0. The molecular weight excluding hydrogens is 283 g/mol. The molecule has 5 heteroatoms. The molecule has 0 saturated heterocycles. The van der Waals surface area contributed by atoms with Crippen molar-refractivity contribution in [3.8, 4) is 11.3 Å².